The molecule has 0 radical (unpaired) electrons. The number of amides is 1. The fourth-order valence-electron chi connectivity index (χ4n) is 2.48. The van der Waals surface area contributed by atoms with E-state index in [0.717, 1.165) is 0 Å². The first kappa shape index (κ1) is 15.3. The molecule has 7 heteroatoms. The number of nitrogens with zero attached hydrogens (tertiary/aromatic N) is 1. The molecule has 1 N–H and O–H groups in total. The number of hydrogen-bond donors (Lipinski definition) is 1. The van der Waals surface area contributed by atoms with Crippen molar-refractivity contribution in [2.75, 3.05) is 0 Å². The summed E-state index contributed by atoms with van der Waals surface area (Å²) >= 11 is 3.17. The first-order valence-corrected chi connectivity index (χ1v) is 7.17. The Morgan fingerprint density at radius 1 is 1.35 bits per heavy atom. The van der Waals surface area contributed by atoms with E-state index >= 15 is 0 Å². The molecule has 0 aromatic carbocycles. The number of aromatic nitrogens is 1. The van der Waals surface area contributed by atoms with Gasteiger partial charge in [0, 0.05) is 16.7 Å². The minimum Gasteiger partial charge on any atom is -0.347 e. The van der Waals surface area contributed by atoms with E-state index in [9.17, 15) is 18.0 Å². The molecule has 110 valence electrons. The molecule has 2 rings (SSSR count). The Morgan fingerprint density at radius 3 is 2.70 bits per heavy atom. The molecule has 0 bridgehead atoms. The number of alkyl halides is 3. The maximum Gasteiger partial charge on any atom is 0.393 e. The molecule has 0 spiro atoms. The van der Waals surface area contributed by atoms with Crippen LogP contribution in [0.1, 0.15) is 36.2 Å². The van der Waals surface area contributed by atoms with Crippen molar-refractivity contribution in [1.29, 1.82) is 0 Å². The van der Waals surface area contributed by atoms with Gasteiger partial charge in [0.05, 0.1) is 5.92 Å². The van der Waals surface area contributed by atoms with Gasteiger partial charge >= 0.3 is 6.18 Å². The Labute approximate surface area is 123 Å². The van der Waals surface area contributed by atoms with E-state index in [1.54, 1.807) is 12.1 Å². The second-order valence-corrected chi connectivity index (χ2v) is 5.70. The Balaban J connectivity index is 2.11. The molecule has 1 fully saturated rings. The fourth-order valence-corrected chi connectivity index (χ4v) is 2.92. The minimum atomic E-state index is -4.28. The van der Waals surface area contributed by atoms with Crippen molar-refractivity contribution in [3.63, 3.8) is 0 Å². The predicted molar refractivity (Wildman–Crippen MR) is 71.2 cm³/mol. The summed E-state index contributed by atoms with van der Waals surface area (Å²) in [4.78, 5) is 15.9. The standard InChI is InChI=1S/C13H14BrF3N2O/c14-9-5-3-7-18-11(9)12(20)19-10-6-2-1-4-8(10)13(15,16)17/h3,5,7-8,10H,1-2,4,6H2,(H,19,20). The second-order valence-electron chi connectivity index (χ2n) is 4.85. The maximum absolute atomic E-state index is 12.9. The number of carbonyl (C=O) groups is 1. The molecule has 1 aliphatic rings. The van der Waals surface area contributed by atoms with Crippen molar-refractivity contribution in [1.82, 2.24) is 10.3 Å². The number of nitrogens with one attached hydrogen (secondary N) is 1. The van der Waals surface area contributed by atoms with E-state index < -0.39 is 24.0 Å². The largest absolute Gasteiger partial charge is 0.393 e. The van der Waals surface area contributed by atoms with Crippen molar-refractivity contribution >= 4 is 21.8 Å². The highest BCUT2D eigenvalue weighted by Gasteiger charge is 2.46. The Morgan fingerprint density at radius 2 is 2.05 bits per heavy atom. The lowest BCUT2D eigenvalue weighted by Gasteiger charge is -2.33. The van der Waals surface area contributed by atoms with Gasteiger partial charge in [-0.15, -0.1) is 0 Å². The van der Waals surface area contributed by atoms with Crippen LogP contribution in [0, 0.1) is 5.92 Å². The van der Waals surface area contributed by atoms with Crippen molar-refractivity contribution < 1.29 is 18.0 Å². The average molecular weight is 351 g/mol. The van der Waals surface area contributed by atoms with Gasteiger partial charge in [0.1, 0.15) is 5.69 Å². The molecular formula is C13H14BrF3N2O. The SMILES string of the molecule is O=C(NC1CCCCC1C(F)(F)F)c1ncccc1Br. The molecular weight excluding hydrogens is 337 g/mol. The van der Waals surface area contributed by atoms with Crippen LogP contribution < -0.4 is 5.32 Å². The third kappa shape index (κ3) is 3.50. The van der Waals surface area contributed by atoms with Crippen LogP contribution in [0.15, 0.2) is 22.8 Å². The summed E-state index contributed by atoms with van der Waals surface area (Å²) in [6.07, 6.45) is -1.19. The molecule has 2 unspecified atom stereocenters. The topological polar surface area (TPSA) is 42.0 Å². The maximum atomic E-state index is 12.9. The van der Waals surface area contributed by atoms with Gasteiger partial charge in [0.2, 0.25) is 0 Å². The predicted octanol–water partition coefficient (Wildman–Crippen LogP) is 3.70. The lowest BCUT2D eigenvalue weighted by atomic mass is 9.84. The van der Waals surface area contributed by atoms with Crippen LogP contribution >= 0.6 is 15.9 Å². The van der Waals surface area contributed by atoms with E-state index in [-0.39, 0.29) is 12.1 Å². The molecule has 20 heavy (non-hydrogen) atoms. The van der Waals surface area contributed by atoms with Crippen LogP contribution in [0.5, 0.6) is 0 Å². The van der Waals surface area contributed by atoms with Crippen LogP contribution in [0.2, 0.25) is 0 Å². The van der Waals surface area contributed by atoms with Gasteiger partial charge < -0.3 is 5.32 Å². The number of hydrogen-bond acceptors (Lipinski definition) is 2. The smallest absolute Gasteiger partial charge is 0.347 e. The van der Waals surface area contributed by atoms with Gasteiger partial charge in [-0.3, -0.25) is 4.79 Å². The lowest BCUT2D eigenvalue weighted by molar-refractivity contribution is -0.187. The second kappa shape index (κ2) is 6.11. The third-order valence-corrected chi connectivity index (χ3v) is 4.12. The van der Waals surface area contributed by atoms with Crippen LogP contribution in [0.3, 0.4) is 0 Å². The Bertz CT molecular complexity index is 493. The Hall–Kier alpha value is -1.11. The molecule has 0 aliphatic heterocycles. The molecule has 1 aliphatic carbocycles. The van der Waals surface area contributed by atoms with Crippen LogP contribution in [-0.4, -0.2) is 23.1 Å². The zero-order valence-corrected chi connectivity index (χ0v) is 12.2. The summed E-state index contributed by atoms with van der Waals surface area (Å²) in [6.45, 7) is 0. The van der Waals surface area contributed by atoms with Gasteiger partial charge in [-0.1, -0.05) is 12.8 Å². The Kier molecular flexibility index (Phi) is 4.67. The number of pyridine rings is 1. The summed E-state index contributed by atoms with van der Waals surface area (Å²) < 4.78 is 39.3. The molecule has 0 saturated heterocycles. The van der Waals surface area contributed by atoms with E-state index in [1.807, 2.05) is 0 Å². The molecule has 1 amide bonds. The minimum absolute atomic E-state index is 0.0673. The molecule has 3 nitrogen and oxygen atoms in total. The number of rotatable bonds is 2. The van der Waals surface area contributed by atoms with Gasteiger partial charge in [0.15, 0.2) is 0 Å². The van der Waals surface area contributed by atoms with Crippen LogP contribution in [0.4, 0.5) is 13.2 Å². The summed E-state index contributed by atoms with van der Waals surface area (Å²) in [5.74, 6) is -2.04. The van der Waals surface area contributed by atoms with Crippen molar-refractivity contribution in [2.45, 2.75) is 37.9 Å². The first-order chi connectivity index (χ1) is 9.39. The zero-order valence-electron chi connectivity index (χ0n) is 10.6. The zero-order chi connectivity index (χ0) is 14.8. The normalized spacial score (nSPS) is 23.4. The van der Waals surface area contributed by atoms with Gasteiger partial charge in [0.25, 0.3) is 5.91 Å². The molecule has 2 atom stereocenters. The van der Waals surface area contributed by atoms with E-state index in [2.05, 4.69) is 26.2 Å². The van der Waals surface area contributed by atoms with Crippen molar-refractivity contribution in [3.05, 3.63) is 28.5 Å². The molecule has 1 aromatic rings. The highest BCUT2D eigenvalue weighted by molar-refractivity contribution is 9.10. The summed E-state index contributed by atoms with van der Waals surface area (Å²) in [6, 6.07) is 2.40. The first-order valence-electron chi connectivity index (χ1n) is 6.37. The van der Waals surface area contributed by atoms with E-state index in [4.69, 9.17) is 0 Å². The van der Waals surface area contributed by atoms with Crippen molar-refractivity contribution in [3.8, 4) is 0 Å². The van der Waals surface area contributed by atoms with Crippen molar-refractivity contribution in [2.24, 2.45) is 5.92 Å². The van der Waals surface area contributed by atoms with Gasteiger partial charge in [-0.2, -0.15) is 13.2 Å². The molecule has 1 aromatic heterocycles. The summed E-state index contributed by atoms with van der Waals surface area (Å²) in [5, 5.41) is 2.48. The highest BCUT2D eigenvalue weighted by atomic mass is 79.9. The van der Waals surface area contributed by atoms with Crippen LogP contribution in [0.25, 0.3) is 0 Å². The van der Waals surface area contributed by atoms with E-state index in [1.165, 1.54) is 6.20 Å². The van der Waals surface area contributed by atoms with Gasteiger partial charge in [-0.25, -0.2) is 4.98 Å². The third-order valence-electron chi connectivity index (χ3n) is 3.48. The lowest BCUT2D eigenvalue weighted by Crippen LogP contribution is -2.47. The quantitative estimate of drug-likeness (QED) is 0.883. The summed E-state index contributed by atoms with van der Waals surface area (Å²) in [7, 11) is 0. The van der Waals surface area contributed by atoms with Gasteiger partial charge in [-0.05, 0) is 40.9 Å². The molecule has 1 saturated carbocycles. The fraction of sp³-hybridized carbons (Fsp3) is 0.538. The highest BCUT2D eigenvalue weighted by Crippen LogP contribution is 2.37. The molecule has 1 heterocycles. The van der Waals surface area contributed by atoms with E-state index in [0.29, 0.717) is 23.7 Å². The average Bonchev–Trinajstić information content (AvgIpc) is 2.38. The summed E-state index contributed by atoms with van der Waals surface area (Å²) in [5.41, 5.74) is 0.110. The monoisotopic (exact) mass is 350 g/mol. The van der Waals surface area contributed by atoms with Crippen LogP contribution in [-0.2, 0) is 0 Å². The number of halogens is 4. The number of carbonyl (C=O) groups excluding carboxylic acids is 1.